The van der Waals surface area contributed by atoms with Crippen molar-refractivity contribution in [2.45, 2.75) is 18.9 Å². The standard InChI is InChI=1S/C20H19FN2O4/c21-15-4-1-13(2-5-15)20(25)23-9-7-16(8-10-23)22-19(24)14-3-6-17-18(11-14)27-12-26-17/h1-6,11,16H,7-10,12H2,(H,22,24). The van der Waals surface area contributed by atoms with E-state index in [1.807, 2.05) is 0 Å². The summed E-state index contributed by atoms with van der Waals surface area (Å²) in [6.45, 7) is 1.26. The summed E-state index contributed by atoms with van der Waals surface area (Å²) in [5.41, 5.74) is 0.989. The van der Waals surface area contributed by atoms with Gasteiger partial charge in [-0.1, -0.05) is 0 Å². The molecule has 2 heterocycles. The number of halogens is 1. The molecule has 140 valence electrons. The molecule has 2 aliphatic heterocycles. The van der Waals surface area contributed by atoms with Crippen molar-refractivity contribution in [3.63, 3.8) is 0 Å². The lowest BCUT2D eigenvalue weighted by Crippen LogP contribution is -2.46. The van der Waals surface area contributed by atoms with Crippen LogP contribution in [0.25, 0.3) is 0 Å². The van der Waals surface area contributed by atoms with Crippen LogP contribution in [0.15, 0.2) is 42.5 Å². The van der Waals surface area contributed by atoms with Crippen molar-refractivity contribution in [3.8, 4) is 11.5 Å². The zero-order valence-corrected chi connectivity index (χ0v) is 14.6. The molecule has 6 nitrogen and oxygen atoms in total. The Morgan fingerprint density at radius 2 is 1.63 bits per heavy atom. The van der Waals surface area contributed by atoms with E-state index >= 15 is 0 Å². The van der Waals surface area contributed by atoms with Gasteiger partial charge in [-0.05, 0) is 55.3 Å². The van der Waals surface area contributed by atoms with E-state index in [1.54, 1.807) is 23.1 Å². The van der Waals surface area contributed by atoms with Crippen molar-refractivity contribution < 1.29 is 23.5 Å². The summed E-state index contributed by atoms with van der Waals surface area (Å²) >= 11 is 0. The van der Waals surface area contributed by atoms with Crippen LogP contribution in [-0.2, 0) is 0 Å². The third kappa shape index (κ3) is 3.72. The van der Waals surface area contributed by atoms with Gasteiger partial charge in [-0.15, -0.1) is 0 Å². The van der Waals surface area contributed by atoms with Crippen molar-refractivity contribution in [2.75, 3.05) is 19.9 Å². The first-order valence-electron chi connectivity index (χ1n) is 8.85. The highest BCUT2D eigenvalue weighted by Crippen LogP contribution is 2.32. The maximum absolute atomic E-state index is 13.0. The van der Waals surface area contributed by atoms with Crippen LogP contribution in [0.5, 0.6) is 11.5 Å². The van der Waals surface area contributed by atoms with Gasteiger partial charge in [-0.25, -0.2) is 4.39 Å². The van der Waals surface area contributed by atoms with Crippen LogP contribution in [0, 0.1) is 5.82 Å². The van der Waals surface area contributed by atoms with E-state index in [-0.39, 0.29) is 30.5 Å². The van der Waals surface area contributed by atoms with Crippen LogP contribution in [-0.4, -0.2) is 42.6 Å². The van der Waals surface area contributed by atoms with Crippen LogP contribution in [0.1, 0.15) is 33.6 Å². The van der Waals surface area contributed by atoms with Gasteiger partial charge < -0.3 is 19.7 Å². The van der Waals surface area contributed by atoms with E-state index in [0.717, 1.165) is 0 Å². The number of piperidine rings is 1. The van der Waals surface area contributed by atoms with Crippen molar-refractivity contribution in [1.29, 1.82) is 0 Å². The second-order valence-corrected chi connectivity index (χ2v) is 6.61. The van der Waals surface area contributed by atoms with Crippen LogP contribution in [0.3, 0.4) is 0 Å². The molecule has 0 bridgehead atoms. The van der Waals surface area contributed by atoms with Gasteiger partial charge in [0.2, 0.25) is 6.79 Å². The summed E-state index contributed by atoms with van der Waals surface area (Å²) in [5, 5.41) is 3.01. The number of ether oxygens (including phenoxy) is 2. The average molecular weight is 370 g/mol. The van der Waals surface area contributed by atoms with Gasteiger partial charge in [0, 0.05) is 30.3 Å². The van der Waals surface area contributed by atoms with Gasteiger partial charge in [0.25, 0.3) is 11.8 Å². The van der Waals surface area contributed by atoms with Crippen LogP contribution in [0.4, 0.5) is 4.39 Å². The summed E-state index contributed by atoms with van der Waals surface area (Å²) in [4.78, 5) is 26.7. The molecule has 2 aliphatic rings. The maximum atomic E-state index is 13.0. The first-order chi connectivity index (χ1) is 13.1. The fourth-order valence-electron chi connectivity index (χ4n) is 3.31. The monoisotopic (exact) mass is 370 g/mol. The SMILES string of the molecule is O=C(NC1CCN(C(=O)c2ccc(F)cc2)CC1)c1ccc2c(c1)OCO2. The number of hydrogen-bond acceptors (Lipinski definition) is 4. The largest absolute Gasteiger partial charge is 0.454 e. The molecule has 1 saturated heterocycles. The number of nitrogens with zero attached hydrogens (tertiary/aromatic N) is 1. The van der Waals surface area contributed by atoms with Gasteiger partial charge in [0.1, 0.15) is 5.82 Å². The Morgan fingerprint density at radius 3 is 2.37 bits per heavy atom. The van der Waals surface area contributed by atoms with Gasteiger partial charge in [0.15, 0.2) is 11.5 Å². The number of fused-ring (bicyclic) bond motifs is 1. The normalized spacial score (nSPS) is 16.3. The van der Waals surface area contributed by atoms with Crippen molar-refractivity contribution >= 4 is 11.8 Å². The van der Waals surface area contributed by atoms with Gasteiger partial charge in [-0.3, -0.25) is 9.59 Å². The summed E-state index contributed by atoms with van der Waals surface area (Å²) in [7, 11) is 0. The molecule has 2 aromatic rings. The summed E-state index contributed by atoms with van der Waals surface area (Å²) in [6, 6.07) is 10.6. The Balaban J connectivity index is 1.32. The molecular formula is C20H19FN2O4. The van der Waals surface area contributed by atoms with Crippen LogP contribution >= 0.6 is 0 Å². The Hall–Kier alpha value is -3.09. The molecule has 0 saturated carbocycles. The molecule has 7 heteroatoms. The van der Waals surface area contributed by atoms with Crippen molar-refractivity contribution in [1.82, 2.24) is 10.2 Å². The molecule has 1 N–H and O–H groups in total. The number of carbonyl (C=O) groups is 2. The summed E-state index contributed by atoms with van der Waals surface area (Å²) < 4.78 is 23.5. The molecule has 1 fully saturated rings. The zero-order valence-electron chi connectivity index (χ0n) is 14.6. The van der Waals surface area contributed by atoms with Crippen LogP contribution in [0.2, 0.25) is 0 Å². The van der Waals surface area contributed by atoms with E-state index in [2.05, 4.69) is 5.32 Å². The number of benzene rings is 2. The fraction of sp³-hybridized carbons (Fsp3) is 0.300. The van der Waals surface area contributed by atoms with Gasteiger partial charge in [-0.2, -0.15) is 0 Å². The number of likely N-dealkylation sites (tertiary alicyclic amines) is 1. The average Bonchev–Trinajstić information content (AvgIpc) is 3.16. The van der Waals surface area contributed by atoms with E-state index < -0.39 is 0 Å². The Labute approximate surface area is 155 Å². The number of nitrogens with one attached hydrogen (secondary N) is 1. The number of rotatable bonds is 3. The van der Waals surface area contributed by atoms with Crippen molar-refractivity contribution in [2.24, 2.45) is 0 Å². The quantitative estimate of drug-likeness (QED) is 0.902. The third-order valence-electron chi connectivity index (χ3n) is 4.84. The van der Waals surface area contributed by atoms with E-state index in [0.29, 0.717) is 48.6 Å². The second-order valence-electron chi connectivity index (χ2n) is 6.61. The second kappa shape index (κ2) is 7.26. The Morgan fingerprint density at radius 1 is 0.963 bits per heavy atom. The Kier molecular flexibility index (Phi) is 4.66. The predicted octanol–water partition coefficient (Wildman–Crippen LogP) is 2.59. The molecule has 0 atom stereocenters. The molecule has 0 aromatic heterocycles. The Bertz CT molecular complexity index is 861. The van der Waals surface area contributed by atoms with E-state index in [4.69, 9.17) is 9.47 Å². The minimum atomic E-state index is -0.364. The number of hydrogen-bond donors (Lipinski definition) is 1. The summed E-state index contributed by atoms with van der Waals surface area (Å²) in [6.07, 6.45) is 1.34. The minimum Gasteiger partial charge on any atom is -0.454 e. The highest BCUT2D eigenvalue weighted by Gasteiger charge is 2.25. The smallest absolute Gasteiger partial charge is 0.253 e. The van der Waals surface area contributed by atoms with Crippen LogP contribution < -0.4 is 14.8 Å². The van der Waals surface area contributed by atoms with Gasteiger partial charge >= 0.3 is 0 Å². The molecule has 0 spiro atoms. The summed E-state index contributed by atoms with van der Waals surface area (Å²) in [5.74, 6) is 0.560. The van der Waals surface area contributed by atoms with Crippen molar-refractivity contribution in [3.05, 3.63) is 59.4 Å². The highest BCUT2D eigenvalue weighted by atomic mass is 19.1. The molecule has 0 radical (unpaired) electrons. The molecule has 2 aromatic carbocycles. The van der Waals surface area contributed by atoms with E-state index in [1.165, 1.54) is 24.3 Å². The van der Waals surface area contributed by atoms with E-state index in [9.17, 15) is 14.0 Å². The fourth-order valence-corrected chi connectivity index (χ4v) is 3.31. The molecule has 0 unspecified atom stereocenters. The molecule has 0 aliphatic carbocycles. The first-order valence-corrected chi connectivity index (χ1v) is 8.85. The number of carbonyl (C=O) groups excluding carboxylic acids is 2. The third-order valence-corrected chi connectivity index (χ3v) is 4.84. The molecule has 27 heavy (non-hydrogen) atoms. The lowest BCUT2D eigenvalue weighted by molar-refractivity contribution is 0.0698. The minimum absolute atomic E-state index is 0.000177. The zero-order chi connectivity index (χ0) is 18.8. The molecule has 4 rings (SSSR count). The lowest BCUT2D eigenvalue weighted by Gasteiger charge is -2.32. The molecule has 2 amide bonds. The highest BCUT2D eigenvalue weighted by molar-refractivity contribution is 5.95. The maximum Gasteiger partial charge on any atom is 0.253 e. The number of amides is 2. The van der Waals surface area contributed by atoms with Gasteiger partial charge in [0.05, 0.1) is 0 Å². The topological polar surface area (TPSA) is 67.9 Å². The lowest BCUT2D eigenvalue weighted by atomic mass is 10.0. The predicted molar refractivity (Wildman–Crippen MR) is 95.4 cm³/mol. The first kappa shape index (κ1) is 17.3. The molecular weight excluding hydrogens is 351 g/mol.